The summed E-state index contributed by atoms with van der Waals surface area (Å²) in [6, 6.07) is 18.4. The first-order valence-corrected chi connectivity index (χ1v) is 10.8. The molecule has 1 aliphatic rings. The third kappa shape index (κ3) is 4.59. The molecule has 6 nitrogen and oxygen atoms in total. The molecule has 0 saturated heterocycles. The molecule has 0 aromatic heterocycles. The molecule has 0 radical (unpaired) electrons. The number of halogens is 1. The van der Waals surface area contributed by atoms with E-state index in [1.165, 1.54) is 13.0 Å². The predicted octanol–water partition coefficient (Wildman–Crippen LogP) is 4.79. The number of hydrogen-bond donors (Lipinski definition) is 2. The molecule has 0 unspecified atom stereocenters. The summed E-state index contributed by atoms with van der Waals surface area (Å²) in [7, 11) is 0. The number of nitrogens with zero attached hydrogens (tertiary/aromatic N) is 1. The number of nitrogens with one attached hydrogen (secondary N) is 2. The molecule has 3 aromatic rings. The molecule has 0 aliphatic carbocycles. The summed E-state index contributed by atoms with van der Waals surface area (Å²) in [5.41, 5.74) is 4.44. The van der Waals surface area contributed by atoms with Crippen LogP contribution in [0.4, 0.5) is 15.8 Å². The Morgan fingerprint density at radius 1 is 0.882 bits per heavy atom. The lowest BCUT2D eigenvalue weighted by atomic mass is 9.99. The molecule has 0 saturated carbocycles. The van der Waals surface area contributed by atoms with E-state index in [2.05, 4.69) is 10.6 Å². The number of hydrogen-bond acceptors (Lipinski definition) is 4. The first-order chi connectivity index (χ1) is 16.2. The Bertz CT molecular complexity index is 1330. The first-order valence-electron chi connectivity index (χ1n) is 10.8. The summed E-state index contributed by atoms with van der Waals surface area (Å²) in [6.07, 6.45) is 0. The number of carbonyl (C=O) groups excluding carboxylic acids is 3. The summed E-state index contributed by atoms with van der Waals surface area (Å²) in [5, 5.41) is 5.76. The average Bonchev–Trinajstić information content (AvgIpc) is 3.02. The third-order valence-electron chi connectivity index (χ3n) is 5.72. The zero-order chi connectivity index (χ0) is 24.4. The van der Waals surface area contributed by atoms with Crippen molar-refractivity contribution < 1.29 is 18.8 Å². The van der Waals surface area contributed by atoms with E-state index in [0.717, 1.165) is 16.0 Å². The van der Waals surface area contributed by atoms with Gasteiger partial charge in [0.1, 0.15) is 11.5 Å². The van der Waals surface area contributed by atoms with Crippen molar-refractivity contribution in [1.82, 2.24) is 4.90 Å². The van der Waals surface area contributed by atoms with E-state index < -0.39 is 17.6 Å². The molecule has 34 heavy (non-hydrogen) atoms. The van der Waals surface area contributed by atoms with Gasteiger partial charge in [0.05, 0.1) is 12.1 Å². The van der Waals surface area contributed by atoms with Crippen molar-refractivity contribution in [3.8, 4) is 0 Å². The largest absolute Gasteiger partial charge is 0.350 e. The summed E-state index contributed by atoms with van der Waals surface area (Å²) < 4.78 is 14.3. The van der Waals surface area contributed by atoms with Crippen molar-refractivity contribution in [3.05, 3.63) is 100 Å². The normalized spacial score (nSPS) is 13.5. The van der Waals surface area contributed by atoms with Gasteiger partial charge in [-0.3, -0.25) is 19.3 Å². The molecule has 1 heterocycles. The van der Waals surface area contributed by atoms with E-state index >= 15 is 0 Å². The van der Waals surface area contributed by atoms with Gasteiger partial charge in [-0.05, 0) is 60.9 Å². The van der Waals surface area contributed by atoms with E-state index in [9.17, 15) is 18.8 Å². The predicted molar refractivity (Wildman–Crippen MR) is 129 cm³/mol. The Morgan fingerprint density at radius 3 is 2.21 bits per heavy atom. The van der Waals surface area contributed by atoms with Crippen LogP contribution in [0.1, 0.15) is 29.2 Å². The molecular weight excluding hydrogens is 433 g/mol. The number of amides is 3. The van der Waals surface area contributed by atoms with Crippen molar-refractivity contribution >= 4 is 34.7 Å². The standard InChI is InChI=1S/C27H24FN3O3/c1-16-8-9-19(14-17(16)2)24-25(30-22-12-10-21(11-13-22)29-18(3)32)27(34)31(26(24)33)15-20-6-4-5-7-23(20)28/h4-14,30H,15H2,1-3H3,(H,29,32). The monoisotopic (exact) mass is 457 g/mol. The van der Waals surface area contributed by atoms with Crippen LogP contribution in [0, 0.1) is 19.7 Å². The maximum Gasteiger partial charge on any atom is 0.278 e. The van der Waals surface area contributed by atoms with Gasteiger partial charge in [-0.2, -0.15) is 0 Å². The van der Waals surface area contributed by atoms with E-state index in [4.69, 9.17) is 0 Å². The highest BCUT2D eigenvalue weighted by Crippen LogP contribution is 2.33. The second kappa shape index (κ2) is 9.31. The summed E-state index contributed by atoms with van der Waals surface area (Å²) in [6.45, 7) is 5.14. The fraction of sp³-hybridized carbons (Fsp3) is 0.148. The van der Waals surface area contributed by atoms with Crippen LogP contribution < -0.4 is 10.6 Å². The highest BCUT2D eigenvalue weighted by Gasteiger charge is 2.39. The minimum absolute atomic E-state index is 0.122. The highest BCUT2D eigenvalue weighted by atomic mass is 19.1. The van der Waals surface area contributed by atoms with Crippen molar-refractivity contribution in [1.29, 1.82) is 0 Å². The number of rotatable bonds is 6. The SMILES string of the molecule is CC(=O)Nc1ccc(NC2=C(c3ccc(C)c(C)c3)C(=O)N(Cc3ccccc3F)C2=O)cc1. The summed E-state index contributed by atoms with van der Waals surface area (Å²) >= 11 is 0. The van der Waals surface area contributed by atoms with Crippen LogP contribution in [0.5, 0.6) is 0 Å². The summed E-state index contributed by atoms with van der Waals surface area (Å²) in [5.74, 6) is -1.70. The number of imide groups is 1. The lowest BCUT2D eigenvalue weighted by molar-refractivity contribution is -0.137. The van der Waals surface area contributed by atoms with Crippen molar-refractivity contribution in [2.75, 3.05) is 10.6 Å². The second-order valence-electron chi connectivity index (χ2n) is 8.22. The van der Waals surface area contributed by atoms with Crippen molar-refractivity contribution in [2.45, 2.75) is 27.3 Å². The molecule has 3 amide bonds. The van der Waals surface area contributed by atoms with Crippen LogP contribution in [0.3, 0.4) is 0 Å². The Labute approximate surface area is 197 Å². The maximum absolute atomic E-state index is 14.3. The topological polar surface area (TPSA) is 78.5 Å². The Morgan fingerprint density at radius 2 is 1.56 bits per heavy atom. The van der Waals surface area contributed by atoms with Crippen LogP contribution in [-0.4, -0.2) is 22.6 Å². The molecule has 172 valence electrons. The van der Waals surface area contributed by atoms with Crippen LogP contribution in [-0.2, 0) is 20.9 Å². The van der Waals surface area contributed by atoms with E-state index in [0.29, 0.717) is 16.9 Å². The van der Waals surface area contributed by atoms with Gasteiger partial charge in [-0.1, -0.05) is 36.4 Å². The zero-order valence-corrected chi connectivity index (χ0v) is 19.1. The molecule has 0 atom stereocenters. The molecular formula is C27H24FN3O3. The van der Waals surface area contributed by atoms with Crippen molar-refractivity contribution in [3.63, 3.8) is 0 Å². The van der Waals surface area contributed by atoms with Gasteiger partial charge in [0.2, 0.25) is 5.91 Å². The lowest BCUT2D eigenvalue weighted by Crippen LogP contribution is -2.32. The van der Waals surface area contributed by atoms with Crippen LogP contribution in [0.2, 0.25) is 0 Å². The van der Waals surface area contributed by atoms with Crippen molar-refractivity contribution in [2.24, 2.45) is 0 Å². The van der Waals surface area contributed by atoms with Gasteiger partial charge in [-0.15, -0.1) is 0 Å². The number of anilines is 2. The maximum atomic E-state index is 14.3. The second-order valence-corrected chi connectivity index (χ2v) is 8.22. The van der Waals surface area contributed by atoms with Crippen LogP contribution in [0.15, 0.2) is 72.4 Å². The third-order valence-corrected chi connectivity index (χ3v) is 5.72. The van der Waals surface area contributed by atoms with E-state index in [1.54, 1.807) is 48.5 Å². The summed E-state index contributed by atoms with van der Waals surface area (Å²) in [4.78, 5) is 39.2. The van der Waals surface area contributed by atoms with Crippen LogP contribution >= 0.6 is 0 Å². The fourth-order valence-corrected chi connectivity index (χ4v) is 3.78. The molecule has 4 rings (SSSR count). The smallest absolute Gasteiger partial charge is 0.278 e. The number of aryl methyl sites for hydroxylation is 2. The van der Waals surface area contributed by atoms with Gasteiger partial charge in [0.25, 0.3) is 11.8 Å². The molecule has 0 fully saturated rings. The van der Waals surface area contributed by atoms with Gasteiger partial charge in [0, 0.05) is 23.9 Å². The van der Waals surface area contributed by atoms with Gasteiger partial charge >= 0.3 is 0 Å². The lowest BCUT2D eigenvalue weighted by Gasteiger charge is -2.16. The van der Waals surface area contributed by atoms with E-state index in [-0.39, 0.29) is 29.3 Å². The number of carbonyl (C=O) groups is 3. The zero-order valence-electron chi connectivity index (χ0n) is 19.1. The molecule has 0 bridgehead atoms. The molecule has 7 heteroatoms. The highest BCUT2D eigenvalue weighted by molar-refractivity contribution is 6.36. The minimum Gasteiger partial charge on any atom is -0.350 e. The molecule has 0 spiro atoms. The average molecular weight is 458 g/mol. The van der Waals surface area contributed by atoms with E-state index in [1.807, 2.05) is 26.0 Å². The van der Waals surface area contributed by atoms with Gasteiger partial charge in [0.15, 0.2) is 0 Å². The van der Waals surface area contributed by atoms with Gasteiger partial charge in [-0.25, -0.2) is 4.39 Å². The Kier molecular flexibility index (Phi) is 6.27. The molecule has 2 N–H and O–H groups in total. The Balaban J connectivity index is 1.72. The Hall–Kier alpha value is -4.26. The molecule has 3 aromatic carbocycles. The molecule has 1 aliphatic heterocycles. The first kappa shape index (κ1) is 22.9. The number of benzene rings is 3. The van der Waals surface area contributed by atoms with Gasteiger partial charge < -0.3 is 10.6 Å². The minimum atomic E-state index is -0.535. The fourth-order valence-electron chi connectivity index (χ4n) is 3.78. The van der Waals surface area contributed by atoms with Crippen LogP contribution in [0.25, 0.3) is 5.57 Å². The quantitative estimate of drug-likeness (QED) is 0.522.